The second kappa shape index (κ2) is 11.1. The molecule has 2 rings (SSSR count). The highest BCUT2D eigenvalue weighted by Gasteiger charge is 2.14. The zero-order chi connectivity index (χ0) is 19.1. The summed E-state index contributed by atoms with van der Waals surface area (Å²) in [5, 5.41) is 6.41. The van der Waals surface area contributed by atoms with Crippen LogP contribution in [0.15, 0.2) is 28.6 Å². The molecule has 0 radical (unpaired) electrons. The van der Waals surface area contributed by atoms with Crippen molar-refractivity contribution in [1.29, 1.82) is 0 Å². The third-order valence-electron chi connectivity index (χ3n) is 3.76. The van der Waals surface area contributed by atoms with E-state index in [1.807, 2.05) is 31.0 Å². The predicted molar refractivity (Wildman–Crippen MR) is 118 cm³/mol. The van der Waals surface area contributed by atoms with Crippen molar-refractivity contribution in [3.63, 3.8) is 0 Å². The van der Waals surface area contributed by atoms with Gasteiger partial charge in [0, 0.05) is 26.0 Å². The lowest BCUT2D eigenvalue weighted by Crippen LogP contribution is -2.38. The number of aliphatic imine (C=N–C) groups is 1. The van der Waals surface area contributed by atoms with Gasteiger partial charge < -0.3 is 19.7 Å². The van der Waals surface area contributed by atoms with Crippen LogP contribution >= 0.6 is 35.3 Å². The molecule has 1 heterocycles. The standard InChI is InChI=1S/C18H24N4O3S.HI/c1-12-21-14(11-26-12)10-22(3)18(19-2)20-9-13-6-7-15(17(23)25-5)16(8-13)24-4;/h6-8,11H,9-10H2,1-5H3,(H,19,20);1H. The lowest BCUT2D eigenvalue weighted by molar-refractivity contribution is 0.0597. The zero-order valence-electron chi connectivity index (χ0n) is 16.1. The van der Waals surface area contributed by atoms with E-state index in [0.29, 0.717) is 24.4 Å². The molecule has 0 saturated heterocycles. The fourth-order valence-electron chi connectivity index (χ4n) is 2.49. The van der Waals surface area contributed by atoms with Crippen molar-refractivity contribution in [3.05, 3.63) is 45.4 Å². The third kappa shape index (κ3) is 6.35. The largest absolute Gasteiger partial charge is 0.496 e. The first-order valence-electron chi connectivity index (χ1n) is 8.06. The molecule has 0 spiro atoms. The average Bonchev–Trinajstić information content (AvgIpc) is 3.05. The van der Waals surface area contributed by atoms with Gasteiger partial charge in [0.2, 0.25) is 0 Å². The Morgan fingerprint density at radius 2 is 2.11 bits per heavy atom. The Balaban J connectivity index is 0.00000364. The summed E-state index contributed by atoms with van der Waals surface area (Å²) in [6.07, 6.45) is 0. The number of benzene rings is 1. The van der Waals surface area contributed by atoms with Gasteiger partial charge in [-0.1, -0.05) is 6.07 Å². The van der Waals surface area contributed by atoms with Gasteiger partial charge in [0.05, 0.1) is 31.5 Å². The van der Waals surface area contributed by atoms with E-state index in [-0.39, 0.29) is 24.0 Å². The van der Waals surface area contributed by atoms with Crippen LogP contribution in [-0.4, -0.2) is 50.1 Å². The number of carbonyl (C=O) groups is 1. The number of hydrogen-bond acceptors (Lipinski definition) is 6. The maximum absolute atomic E-state index is 11.7. The number of aryl methyl sites for hydroxylation is 1. The quantitative estimate of drug-likeness (QED) is 0.282. The van der Waals surface area contributed by atoms with Gasteiger partial charge in [0.25, 0.3) is 0 Å². The number of guanidine groups is 1. The van der Waals surface area contributed by atoms with E-state index in [4.69, 9.17) is 9.47 Å². The average molecular weight is 504 g/mol. The van der Waals surface area contributed by atoms with E-state index in [2.05, 4.69) is 20.7 Å². The second-order valence-electron chi connectivity index (χ2n) is 5.64. The summed E-state index contributed by atoms with van der Waals surface area (Å²) in [5.41, 5.74) is 2.38. The summed E-state index contributed by atoms with van der Waals surface area (Å²) in [4.78, 5) is 22.5. The van der Waals surface area contributed by atoms with E-state index >= 15 is 0 Å². The maximum atomic E-state index is 11.7. The topological polar surface area (TPSA) is 76.1 Å². The zero-order valence-corrected chi connectivity index (χ0v) is 19.3. The first kappa shape index (κ1) is 23.2. The number of methoxy groups -OCH3 is 2. The molecule has 0 bridgehead atoms. The lowest BCUT2D eigenvalue weighted by atomic mass is 10.1. The smallest absolute Gasteiger partial charge is 0.341 e. The first-order valence-corrected chi connectivity index (χ1v) is 8.94. The van der Waals surface area contributed by atoms with E-state index < -0.39 is 5.97 Å². The van der Waals surface area contributed by atoms with Crippen LogP contribution in [-0.2, 0) is 17.8 Å². The van der Waals surface area contributed by atoms with Crippen molar-refractivity contribution in [1.82, 2.24) is 15.2 Å². The van der Waals surface area contributed by atoms with Gasteiger partial charge in [0.1, 0.15) is 11.3 Å². The van der Waals surface area contributed by atoms with Gasteiger partial charge in [0.15, 0.2) is 5.96 Å². The number of halogens is 1. The van der Waals surface area contributed by atoms with Crippen LogP contribution in [0.5, 0.6) is 5.75 Å². The van der Waals surface area contributed by atoms with Crippen LogP contribution in [0.3, 0.4) is 0 Å². The summed E-state index contributed by atoms with van der Waals surface area (Å²) in [6, 6.07) is 5.38. The lowest BCUT2D eigenvalue weighted by Gasteiger charge is -2.21. The maximum Gasteiger partial charge on any atom is 0.341 e. The van der Waals surface area contributed by atoms with E-state index in [1.54, 1.807) is 24.5 Å². The molecule has 2 aromatic rings. The molecule has 0 aliphatic heterocycles. The highest BCUT2D eigenvalue weighted by Crippen LogP contribution is 2.21. The van der Waals surface area contributed by atoms with Gasteiger partial charge in [-0.25, -0.2) is 9.78 Å². The molecule has 148 valence electrons. The second-order valence-corrected chi connectivity index (χ2v) is 6.70. The number of aromatic nitrogens is 1. The van der Waals surface area contributed by atoms with Gasteiger partial charge in [-0.3, -0.25) is 4.99 Å². The minimum Gasteiger partial charge on any atom is -0.496 e. The summed E-state index contributed by atoms with van der Waals surface area (Å²) in [6.45, 7) is 3.21. The molecule has 1 aromatic carbocycles. The highest BCUT2D eigenvalue weighted by molar-refractivity contribution is 14.0. The molecular formula is C18H25IN4O3S. The van der Waals surface area contributed by atoms with Gasteiger partial charge in [-0.15, -0.1) is 35.3 Å². The van der Waals surface area contributed by atoms with Crippen LogP contribution in [0.25, 0.3) is 0 Å². The summed E-state index contributed by atoms with van der Waals surface area (Å²) < 4.78 is 10.1. The molecule has 1 N–H and O–H groups in total. The Morgan fingerprint density at radius 1 is 1.37 bits per heavy atom. The van der Waals surface area contributed by atoms with Crippen LogP contribution in [0.4, 0.5) is 0 Å². The van der Waals surface area contributed by atoms with E-state index in [9.17, 15) is 4.79 Å². The Labute approximate surface area is 180 Å². The Hall–Kier alpha value is -1.88. The number of nitrogens with zero attached hydrogens (tertiary/aromatic N) is 3. The number of ether oxygens (including phenoxy) is 2. The van der Waals surface area contributed by atoms with E-state index in [1.165, 1.54) is 14.2 Å². The molecule has 0 fully saturated rings. The molecular weight excluding hydrogens is 479 g/mol. The van der Waals surface area contributed by atoms with Crippen LogP contribution in [0, 0.1) is 6.92 Å². The Morgan fingerprint density at radius 3 is 2.67 bits per heavy atom. The van der Waals surface area contributed by atoms with Crippen molar-refractivity contribution in [2.75, 3.05) is 28.3 Å². The number of carbonyl (C=O) groups excluding carboxylic acids is 1. The van der Waals surface area contributed by atoms with Crippen molar-refractivity contribution < 1.29 is 14.3 Å². The summed E-state index contributed by atoms with van der Waals surface area (Å²) in [5.74, 6) is 0.819. The molecule has 27 heavy (non-hydrogen) atoms. The summed E-state index contributed by atoms with van der Waals surface area (Å²) >= 11 is 1.64. The number of rotatable bonds is 6. The van der Waals surface area contributed by atoms with E-state index in [0.717, 1.165) is 22.2 Å². The number of thiazole rings is 1. The molecule has 0 saturated carbocycles. The minimum absolute atomic E-state index is 0. The normalized spacial score (nSPS) is 10.8. The fourth-order valence-corrected chi connectivity index (χ4v) is 3.09. The first-order chi connectivity index (χ1) is 12.5. The SMILES string of the molecule is CN=C(NCc1ccc(C(=O)OC)c(OC)c1)N(C)Cc1csc(C)n1.I. The molecule has 1 aromatic heterocycles. The van der Waals surface area contributed by atoms with Crippen molar-refractivity contribution in [2.45, 2.75) is 20.0 Å². The molecule has 0 amide bonds. The highest BCUT2D eigenvalue weighted by atomic mass is 127. The molecule has 0 atom stereocenters. The van der Waals surface area contributed by atoms with Crippen LogP contribution in [0.1, 0.15) is 26.6 Å². The van der Waals surface area contributed by atoms with Gasteiger partial charge >= 0.3 is 5.97 Å². The van der Waals surface area contributed by atoms with Crippen molar-refractivity contribution in [2.24, 2.45) is 4.99 Å². The Bertz CT molecular complexity index is 795. The molecule has 0 aliphatic carbocycles. The molecule has 9 heteroatoms. The number of hydrogen-bond donors (Lipinski definition) is 1. The minimum atomic E-state index is -0.421. The number of nitrogens with one attached hydrogen (secondary N) is 1. The van der Waals surface area contributed by atoms with Gasteiger partial charge in [-0.05, 0) is 24.6 Å². The molecule has 0 unspecified atom stereocenters. The fraction of sp³-hybridized carbons (Fsp3) is 0.389. The third-order valence-corrected chi connectivity index (χ3v) is 4.58. The number of esters is 1. The summed E-state index contributed by atoms with van der Waals surface area (Å²) in [7, 11) is 6.58. The van der Waals surface area contributed by atoms with Crippen LogP contribution < -0.4 is 10.1 Å². The predicted octanol–water partition coefficient (Wildman–Crippen LogP) is 3.07. The monoisotopic (exact) mass is 504 g/mol. The Kier molecular flexibility index (Phi) is 9.50. The van der Waals surface area contributed by atoms with Crippen molar-refractivity contribution in [3.8, 4) is 5.75 Å². The van der Waals surface area contributed by atoms with Gasteiger partial charge in [-0.2, -0.15) is 0 Å². The molecule has 7 nitrogen and oxygen atoms in total. The van der Waals surface area contributed by atoms with Crippen molar-refractivity contribution >= 4 is 47.2 Å². The molecule has 0 aliphatic rings. The van der Waals surface area contributed by atoms with Crippen LogP contribution in [0.2, 0.25) is 0 Å².